The van der Waals surface area contributed by atoms with Crippen LogP contribution in [0.1, 0.15) is 35.6 Å². The third-order valence-electron chi connectivity index (χ3n) is 6.40. The summed E-state index contributed by atoms with van der Waals surface area (Å²) in [5.74, 6) is -0.543. The zero-order valence-corrected chi connectivity index (χ0v) is 23.5. The fraction of sp³-hybridized carbons (Fsp3) is 0.516. The smallest absolute Gasteiger partial charge is 0.410 e. The Labute approximate surface area is 245 Å². The fourth-order valence-electron chi connectivity index (χ4n) is 4.52. The van der Waals surface area contributed by atoms with Gasteiger partial charge in [0.2, 0.25) is 0 Å². The number of hydrogen-bond donors (Lipinski definition) is 1. The monoisotopic (exact) mass is 572 g/mol. The van der Waals surface area contributed by atoms with E-state index < -0.39 is 17.7 Å². The van der Waals surface area contributed by atoms with Gasteiger partial charge in [0.1, 0.15) is 17.7 Å². The van der Waals surface area contributed by atoms with Crippen molar-refractivity contribution in [2.24, 2.45) is 0 Å². The zero-order valence-electron chi connectivity index (χ0n) is 23.5. The number of hydrogen-bond acceptors (Lipinski definition) is 9. The van der Waals surface area contributed by atoms with Crippen molar-refractivity contribution in [1.82, 2.24) is 10.2 Å². The lowest BCUT2D eigenvalue weighted by Gasteiger charge is -2.41. The number of nitrogens with one attached hydrogen (secondary N) is 1. The number of ether oxygens (including phenoxy) is 3. The molecule has 2 aromatic carbocycles. The number of anilines is 2. The molecule has 10 heteroatoms. The van der Waals surface area contributed by atoms with E-state index in [4.69, 9.17) is 14.2 Å². The molecule has 4 rings (SSSR count). The maximum Gasteiger partial charge on any atom is 0.410 e. The SMILES string of the molecule is C.C.COC(=O)C1CN(C(=O)OC(C)(C)C)CCN1c1ccccc1.COC(=O)C1CNCCN1c1ccccc1. The Balaban J connectivity index is 0.000000413. The quantitative estimate of drug-likeness (QED) is 0.427. The minimum atomic E-state index is -0.561. The van der Waals surface area contributed by atoms with E-state index >= 15 is 0 Å². The number of rotatable bonds is 4. The van der Waals surface area contributed by atoms with Crippen molar-refractivity contribution in [2.45, 2.75) is 53.3 Å². The highest BCUT2D eigenvalue weighted by molar-refractivity contribution is 5.82. The molecule has 10 nitrogen and oxygen atoms in total. The lowest BCUT2D eigenvalue weighted by molar-refractivity contribution is -0.143. The van der Waals surface area contributed by atoms with E-state index in [0.29, 0.717) is 19.6 Å². The van der Waals surface area contributed by atoms with Crippen molar-refractivity contribution in [2.75, 3.05) is 63.3 Å². The molecule has 2 saturated heterocycles. The van der Waals surface area contributed by atoms with Crippen molar-refractivity contribution in [3.8, 4) is 0 Å². The number of nitrogens with zero attached hydrogens (tertiary/aromatic N) is 3. The van der Waals surface area contributed by atoms with Crippen LogP contribution >= 0.6 is 0 Å². The molecule has 1 N–H and O–H groups in total. The second-order valence-electron chi connectivity index (χ2n) is 10.3. The van der Waals surface area contributed by atoms with Crippen molar-refractivity contribution >= 4 is 29.4 Å². The van der Waals surface area contributed by atoms with Crippen LogP contribution in [0.2, 0.25) is 0 Å². The highest BCUT2D eigenvalue weighted by atomic mass is 16.6. The van der Waals surface area contributed by atoms with Gasteiger partial charge in [-0.2, -0.15) is 0 Å². The van der Waals surface area contributed by atoms with Crippen LogP contribution in [0.25, 0.3) is 0 Å². The number of carbonyl (C=O) groups is 3. The number of piperazine rings is 2. The van der Waals surface area contributed by atoms with E-state index in [-0.39, 0.29) is 39.4 Å². The molecule has 0 saturated carbocycles. The van der Waals surface area contributed by atoms with E-state index in [1.54, 1.807) is 4.90 Å². The van der Waals surface area contributed by atoms with Gasteiger partial charge in [-0.05, 0) is 45.0 Å². The lowest BCUT2D eigenvalue weighted by atomic mass is 10.1. The van der Waals surface area contributed by atoms with Gasteiger partial charge in [0.25, 0.3) is 0 Å². The average Bonchev–Trinajstić information content (AvgIpc) is 2.96. The third-order valence-corrected chi connectivity index (χ3v) is 6.40. The summed E-state index contributed by atoms with van der Waals surface area (Å²) in [5.41, 5.74) is 1.44. The molecule has 2 aliphatic heterocycles. The number of methoxy groups -OCH3 is 2. The summed E-state index contributed by atoms with van der Waals surface area (Å²) in [4.78, 5) is 41.7. The largest absolute Gasteiger partial charge is 0.467 e. The normalized spacial score (nSPS) is 18.4. The summed E-state index contributed by atoms with van der Waals surface area (Å²) in [7, 11) is 2.79. The molecule has 2 fully saturated rings. The molecule has 41 heavy (non-hydrogen) atoms. The second kappa shape index (κ2) is 16.5. The summed E-state index contributed by atoms with van der Waals surface area (Å²) in [6.45, 7) is 9.11. The summed E-state index contributed by atoms with van der Waals surface area (Å²) in [6.07, 6.45) is -0.404. The number of carbonyl (C=O) groups excluding carboxylic acids is 3. The molecule has 1 amide bonds. The van der Waals surface area contributed by atoms with Crippen LogP contribution in [0.4, 0.5) is 16.2 Å². The van der Waals surface area contributed by atoms with Crippen molar-refractivity contribution in [1.29, 1.82) is 0 Å². The predicted octanol–water partition coefficient (Wildman–Crippen LogP) is 4.20. The van der Waals surface area contributed by atoms with E-state index in [2.05, 4.69) is 10.2 Å². The van der Waals surface area contributed by atoms with Gasteiger partial charge in [-0.1, -0.05) is 51.3 Å². The van der Waals surface area contributed by atoms with E-state index in [1.165, 1.54) is 14.2 Å². The van der Waals surface area contributed by atoms with Crippen molar-refractivity contribution in [3.05, 3.63) is 60.7 Å². The molecule has 2 aromatic rings. The Morgan fingerprint density at radius 3 is 1.73 bits per heavy atom. The Bertz CT molecular complexity index is 1080. The molecule has 2 atom stereocenters. The lowest BCUT2D eigenvalue weighted by Crippen LogP contribution is -2.58. The number of para-hydroxylation sites is 2. The van der Waals surface area contributed by atoms with Gasteiger partial charge in [-0.25, -0.2) is 14.4 Å². The van der Waals surface area contributed by atoms with E-state index in [1.807, 2.05) is 86.3 Å². The Hall–Kier alpha value is -3.79. The minimum Gasteiger partial charge on any atom is -0.467 e. The minimum absolute atomic E-state index is 0. The van der Waals surface area contributed by atoms with Crippen LogP contribution in [0.3, 0.4) is 0 Å². The highest BCUT2D eigenvalue weighted by Gasteiger charge is 2.36. The van der Waals surface area contributed by atoms with Gasteiger partial charge in [0.15, 0.2) is 0 Å². The molecule has 0 aromatic heterocycles. The average molecular weight is 573 g/mol. The zero-order chi connectivity index (χ0) is 28.4. The first-order valence-electron chi connectivity index (χ1n) is 13.1. The van der Waals surface area contributed by atoms with E-state index in [0.717, 1.165) is 24.5 Å². The van der Waals surface area contributed by atoms with Gasteiger partial charge in [0.05, 0.1) is 20.8 Å². The Morgan fingerprint density at radius 2 is 1.24 bits per heavy atom. The molecule has 0 radical (unpaired) electrons. The van der Waals surface area contributed by atoms with Crippen LogP contribution in [-0.4, -0.2) is 94.1 Å². The molecule has 2 aliphatic rings. The number of amides is 1. The summed E-state index contributed by atoms with van der Waals surface area (Å²) in [6, 6.07) is 18.9. The highest BCUT2D eigenvalue weighted by Crippen LogP contribution is 2.22. The van der Waals surface area contributed by atoms with Gasteiger partial charge in [-0.15, -0.1) is 0 Å². The molecule has 228 valence electrons. The molecular weight excluding hydrogens is 524 g/mol. The van der Waals surface area contributed by atoms with Crippen molar-refractivity contribution in [3.63, 3.8) is 0 Å². The van der Waals surface area contributed by atoms with Crippen LogP contribution in [0, 0.1) is 0 Å². The van der Waals surface area contributed by atoms with Gasteiger partial charge in [0, 0.05) is 44.1 Å². The predicted molar refractivity (Wildman–Crippen MR) is 163 cm³/mol. The second-order valence-corrected chi connectivity index (χ2v) is 10.3. The van der Waals surface area contributed by atoms with E-state index in [9.17, 15) is 14.4 Å². The number of esters is 2. The fourth-order valence-corrected chi connectivity index (χ4v) is 4.52. The van der Waals surface area contributed by atoms with Crippen LogP contribution in [0.15, 0.2) is 60.7 Å². The Kier molecular flexibility index (Phi) is 14.2. The van der Waals surface area contributed by atoms with Crippen LogP contribution in [-0.2, 0) is 23.8 Å². The maximum atomic E-state index is 12.2. The molecule has 2 heterocycles. The third kappa shape index (κ3) is 9.97. The topological polar surface area (TPSA) is 101 Å². The van der Waals surface area contributed by atoms with Crippen LogP contribution < -0.4 is 15.1 Å². The maximum absolute atomic E-state index is 12.2. The summed E-state index contributed by atoms with van der Waals surface area (Å²) < 4.78 is 15.1. The molecular formula is C31H48N4O6. The van der Waals surface area contributed by atoms with Gasteiger partial charge in [-0.3, -0.25) is 0 Å². The summed E-state index contributed by atoms with van der Waals surface area (Å²) in [5, 5.41) is 3.21. The molecule has 0 bridgehead atoms. The first-order chi connectivity index (χ1) is 18.6. The first-order valence-corrected chi connectivity index (χ1v) is 13.1. The summed E-state index contributed by atoms with van der Waals surface area (Å²) >= 11 is 0. The van der Waals surface area contributed by atoms with Crippen molar-refractivity contribution < 1.29 is 28.6 Å². The number of benzene rings is 2. The molecule has 2 unspecified atom stereocenters. The molecule has 0 aliphatic carbocycles. The Morgan fingerprint density at radius 1 is 0.756 bits per heavy atom. The van der Waals surface area contributed by atoms with Gasteiger partial charge >= 0.3 is 18.0 Å². The molecule has 0 spiro atoms. The van der Waals surface area contributed by atoms with Crippen LogP contribution in [0.5, 0.6) is 0 Å². The van der Waals surface area contributed by atoms with Gasteiger partial charge < -0.3 is 34.2 Å². The standard InChI is InChI=1S/C17H24N2O4.C12H16N2O2.2CH4/c1-17(2,3)23-16(21)18-10-11-19(13-8-6-5-7-9-13)14(12-18)15(20)22-4;1-16-12(15)11-9-13-7-8-14(11)10-5-3-2-4-6-10;;/h5-9,14H,10-12H2,1-4H3;2-6,11,13H,7-9H2,1H3;2*1H4. The first kappa shape index (κ1) is 35.2.